The molecule has 0 bridgehead atoms. The fraction of sp³-hybridized carbons (Fsp3) is 0. The van der Waals surface area contributed by atoms with Gasteiger partial charge in [-0.2, -0.15) is 0 Å². The van der Waals surface area contributed by atoms with Crippen molar-refractivity contribution >= 4 is 34.0 Å². The summed E-state index contributed by atoms with van der Waals surface area (Å²) < 4.78 is 11.5. The number of benzene rings is 1. The van der Waals surface area contributed by atoms with Crippen molar-refractivity contribution in [2.24, 2.45) is 0 Å². The molecule has 0 spiro atoms. The molecule has 0 radical (unpaired) electrons. The summed E-state index contributed by atoms with van der Waals surface area (Å²) in [5.74, 6) is 0. The summed E-state index contributed by atoms with van der Waals surface area (Å²) >= 11 is 10.9. The van der Waals surface area contributed by atoms with Crippen molar-refractivity contribution < 1.29 is 4.21 Å². The van der Waals surface area contributed by atoms with E-state index in [1.165, 1.54) is 0 Å². The second kappa shape index (κ2) is 4.65. The van der Waals surface area contributed by atoms with E-state index in [9.17, 15) is 4.21 Å². The summed E-state index contributed by atoms with van der Waals surface area (Å²) in [5, 5.41) is 0. The average Bonchev–Trinajstić information content (AvgIpc) is 2.17. The molecule has 0 saturated heterocycles. The van der Waals surface area contributed by atoms with Crippen LogP contribution < -0.4 is 0 Å². The largest absolute Gasteiger partial charge is 0.248 e. The van der Waals surface area contributed by atoms with Gasteiger partial charge in [0, 0.05) is 10.4 Å². The molecular weight excluding hydrogens is 215 g/mol. The molecule has 1 aromatic carbocycles. The van der Waals surface area contributed by atoms with Crippen LogP contribution in [0.4, 0.5) is 0 Å². The lowest BCUT2D eigenvalue weighted by molar-refractivity contribution is 0.688. The highest BCUT2D eigenvalue weighted by Gasteiger charge is 2.05. The van der Waals surface area contributed by atoms with Gasteiger partial charge in [0.25, 0.3) is 0 Å². The van der Waals surface area contributed by atoms with Gasteiger partial charge in [0.2, 0.25) is 0 Å². The van der Waals surface area contributed by atoms with Crippen molar-refractivity contribution in [2.45, 2.75) is 4.90 Å². The van der Waals surface area contributed by atoms with Gasteiger partial charge in [-0.3, -0.25) is 0 Å². The van der Waals surface area contributed by atoms with Crippen molar-refractivity contribution in [1.29, 1.82) is 0 Å². The fourth-order valence-corrected chi connectivity index (χ4v) is 1.92. The van der Waals surface area contributed by atoms with Gasteiger partial charge in [-0.15, -0.1) is 0 Å². The maximum Gasteiger partial charge on any atom is 0.121 e. The predicted octanol–water partition coefficient (Wildman–Crippen LogP) is 3.07. The van der Waals surface area contributed by atoms with Crippen LogP contribution >= 0.6 is 23.2 Å². The molecule has 12 heavy (non-hydrogen) atoms. The van der Waals surface area contributed by atoms with E-state index in [0.717, 1.165) is 5.54 Å². The molecule has 1 nitrogen and oxygen atoms in total. The van der Waals surface area contributed by atoms with Crippen LogP contribution in [0, 0.1) is 0 Å². The first kappa shape index (κ1) is 9.78. The van der Waals surface area contributed by atoms with Crippen molar-refractivity contribution in [3.05, 3.63) is 40.2 Å². The zero-order valence-corrected chi connectivity index (χ0v) is 8.36. The Morgan fingerprint density at radius 1 is 1.33 bits per heavy atom. The van der Waals surface area contributed by atoms with E-state index in [1.807, 2.05) is 6.07 Å². The summed E-state index contributed by atoms with van der Waals surface area (Å²) in [5.41, 5.74) is 1.12. The van der Waals surface area contributed by atoms with E-state index >= 15 is 0 Å². The SMILES string of the molecule is O=S(C(Cl)=CCl)c1ccccc1. The molecule has 1 aromatic rings. The molecular formula is C8H6Cl2OS. The molecule has 0 aliphatic heterocycles. The Labute approximate surface area is 83.5 Å². The lowest BCUT2D eigenvalue weighted by atomic mass is 10.4. The lowest BCUT2D eigenvalue weighted by Crippen LogP contribution is -1.88. The second-order valence-corrected chi connectivity index (χ2v) is 4.29. The van der Waals surface area contributed by atoms with Crippen molar-refractivity contribution in [2.75, 3.05) is 0 Å². The molecule has 0 heterocycles. The molecule has 0 aliphatic carbocycles. The molecule has 0 aliphatic rings. The highest BCUT2D eigenvalue weighted by molar-refractivity contribution is 7.90. The summed E-state index contributed by atoms with van der Waals surface area (Å²) in [6.45, 7) is 0. The van der Waals surface area contributed by atoms with Crippen molar-refractivity contribution in [1.82, 2.24) is 0 Å². The van der Waals surface area contributed by atoms with Gasteiger partial charge < -0.3 is 0 Å². The summed E-state index contributed by atoms with van der Waals surface area (Å²) in [7, 11) is -1.33. The molecule has 0 N–H and O–H groups in total. The van der Waals surface area contributed by atoms with E-state index in [-0.39, 0.29) is 4.36 Å². The van der Waals surface area contributed by atoms with Crippen LogP contribution in [0.2, 0.25) is 0 Å². The first-order valence-electron chi connectivity index (χ1n) is 3.18. The molecule has 0 aromatic heterocycles. The normalized spacial score (nSPS) is 14.3. The van der Waals surface area contributed by atoms with Crippen LogP contribution in [0.15, 0.2) is 45.1 Å². The molecule has 64 valence electrons. The smallest absolute Gasteiger partial charge is 0.121 e. The van der Waals surface area contributed by atoms with Crippen LogP contribution in [0.5, 0.6) is 0 Å². The van der Waals surface area contributed by atoms with Gasteiger partial charge in [-0.05, 0) is 12.1 Å². The third-order valence-corrected chi connectivity index (χ3v) is 3.38. The Hall–Kier alpha value is -0.310. The fourth-order valence-electron chi connectivity index (χ4n) is 0.697. The summed E-state index contributed by atoms with van der Waals surface area (Å²) in [6, 6.07) is 8.91. The second-order valence-electron chi connectivity index (χ2n) is 2.00. The number of rotatable bonds is 2. The lowest BCUT2D eigenvalue weighted by Gasteiger charge is -1.97. The van der Waals surface area contributed by atoms with Gasteiger partial charge >= 0.3 is 0 Å². The molecule has 1 unspecified atom stereocenters. The zero-order valence-electron chi connectivity index (χ0n) is 6.04. The molecule has 0 fully saturated rings. The van der Waals surface area contributed by atoms with Gasteiger partial charge in [0.15, 0.2) is 0 Å². The van der Waals surface area contributed by atoms with Gasteiger partial charge in [-0.1, -0.05) is 41.4 Å². The van der Waals surface area contributed by atoms with E-state index in [1.54, 1.807) is 24.3 Å². The highest BCUT2D eigenvalue weighted by Crippen LogP contribution is 2.17. The number of halogens is 2. The quantitative estimate of drug-likeness (QED) is 0.749. The molecule has 1 atom stereocenters. The van der Waals surface area contributed by atoms with Crippen LogP contribution in [-0.2, 0) is 10.8 Å². The zero-order chi connectivity index (χ0) is 8.97. The molecule has 1 rings (SSSR count). The minimum absolute atomic E-state index is 0.142. The van der Waals surface area contributed by atoms with Gasteiger partial charge in [-0.25, -0.2) is 4.21 Å². The van der Waals surface area contributed by atoms with E-state index in [4.69, 9.17) is 23.2 Å². The van der Waals surface area contributed by atoms with Crippen LogP contribution in [0.25, 0.3) is 0 Å². The first-order chi connectivity index (χ1) is 5.75. The monoisotopic (exact) mass is 220 g/mol. The third-order valence-electron chi connectivity index (χ3n) is 1.22. The Bertz CT molecular complexity index is 308. The third kappa shape index (κ3) is 2.34. The number of hydrogen-bond acceptors (Lipinski definition) is 1. The Balaban J connectivity index is 2.94. The van der Waals surface area contributed by atoms with Crippen molar-refractivity contribution in [3.8, 4) is 0 Å². The molecule has 4 heteroatoms. The van der Waals surface area contributed by atoms with Crippen LogP contribution in [0.1, 0.15) is 0 Å². The van der Waals surface area contributed by atoms with E-state index in [2.05, 4.69) is 0 Å². The predicted molar refractivity (Wildman–Crippen MR) is 52.6 cm³/mol. The van der Waals surface area contributed by atoms with Gasteiger partial charge in [0.1, 0.15) is 4.36 Å². The van der Waals surface area contributed by atoms with Crippen molar-refractivity contribution in [3.63, 3.8) is 0 Å². The Morgan fingerprint density at radius 2 is 1.92 bits per heavy atom. The summed E-state index contributed by atoms with van der Waals surface area (Å²) in [6.07, 6.45) is 0. The minimum Gasteiger partial charge on any atom is -0.248 e. The van der Waals surface area contributed by atoms with E-state index < -0.39 is 10.8 Å². The van der Waals surface area contributed by atoms with Gasteiger partial charge in [0.05, 0.1) is 10.8 Å². The van der Waals surface area contributed by atoms with E-state index in [0.29, 0.717) is 4.90 Å². The standard InChI is InChI=1S/C8H6Cl2OS/c9-6-8(10)12(11)7-4-2-1-3-5-7/h1-6H. The maximum absolute atomic E-state index is 11.4. The average molecular weight is 221 g/mol. The molecule has 0 amide bonds. The molecule has 0 saturated carbocycles. The topological polar surface area (TPSA) is 17.1 Å². The number of hydrogen-bond donors (Lipinski definition) is 0. The van der Waals surface area contributed by atoms with Crippen LogP contribution in [-0.4, -0.2) is 4.21 Å². The van der Waals surface area contributed by atoms with Crippen LogP contribution in [0.3, 0.4) is 0 Å². The maximum atomic E-state index is 11.4. The minimum atomic E-state index is -1.33. The Morgan fingerprint density at radius 3 is 2.42 bits per heavy atom. The summed E-state index contributed by atoms with van der Waals surface area (Å²) in [4.78, 5) is 0.652. The first-order valence-corrected chi connectivity index (χ1v) is 5.15. The Kier molecular flexibility index (Phi) is 3.79. The highest BCUT2D eigenvalue weighted by atomic mass is 35.5.